The van der Waals surface area contributed by atoms with Crippen molar-refractivity contribution in [3.05, 3.63) is 17.0 Å². The van der Waals surface area contributed by atoms with E-state index in [-0.39, 0.29) is 58.0 Å². The first-order valence-corrected chi connectivity index (χ1v) is 4.13. The summed E-state index contributed by atoms with van der Waals surface area (Å²) >= 11 is 0.742. The van der Waals surface area contributed by atoms with Crippen LogP contribution in [0.1, 0.15) is 4.88 Å². The second kappa shape index (κ2) is 5.89. The van der Waals surface area contributed by atoms with Crippen LogP contribution in [0.2, 0.25) is 0 Å². The maximum atomic E-state index is 12.1. The third kappa shape index (κ3) is 4.46. The van der Waals surface area contributed by atoms with Gasteiger partial charge in [0.2, 0.25) is 0 Å². The van der Waals surface area contributed by atoms with Gasteiger partial charge in [0, 0.05) is 12.0 Å². The Hall–Kier alpha value is 1.15. The molecule has 68 valence electrons. The van der Waals surface area contributed by atoms with E-state index in [0.29, 0.717) is 4.88 Å². The number of methoxy groups -OCH3 is 1. The van der Waals surface area contributed by atoms with Gasteiger partial charge in [-0.1, -0.05) is 10.8 Å². The monoisotopic (exact) mass is 234 g/mol. The summed E-state index contributed by atoms with van der Waals surface area (Å²) < 4.78 is 40.4. The molecule has 0 N–H and O–H groups in total. The maximum absolute atomic E-state index is 12.1. The molecule has 1 rings (SSSR count). The number of rotatable bonds is 3. The molecule has 0 bridgehead atoms. The van der Waals surface area contributed by atoms with Gasteiger partial charge in [-0.2, -0.15) is 11.3 Å². The SMILES string of the molecule is COCc1ccc([B-](F)(F)F)s1.[K+]. The molecule has 1 heterocycles. The molecule has 0 fully saturated rings. The summed E-state index contributed by atoms with van der Waals surface area (Å²) in [5.74, 6) is 0. The first kappa shape index (κ1) is 14.2. The van der Waals surface area contributed by atoms with E-state index in [4.69, 9.17) is 4.74 Å². The molecule has 0 atom stereocenters. The average molecular weight is 234 g/mol. The summed E-state index contributed by atoms with van der Waals surface area (Å²) in [6, 6.07) is 2.54. The van der Waals surface area contributed by atoms with Gasteiger partial charge in [-0.05, 0) is 6.07 Å². The Morgan fingerprint density at radius 3 is 2.38 bits per heavy atom. The number of hydrogen-bond acceptors (Lipinski definition) is 2. The molecule has 0 spiro atoms. The topological polar surface area (TPSA) is 9.23 Å². The van der Waals surface area contributed by atoms with Gasteiger partial charge in [0.1, 0.15) is 0 Å². The van der Waals surface area contributed by atoms with E-state index < -0.39 is 11.8 Å². The van der Waals surface area contributed by atoms with E-state index in [2.05, 4.69) is 0 Å². The van der Waals surface area contributed by atoms with Gasteiger partial charge < -0.3 is 17.7 Å². The Morgan fingerprint density at radius 1 is 1.38 bits per heavy atom. The maximum Gasteiger partial charge on any atom is 1.00 e. The van der Waals surface area contributed by atoms with Crippen molar-refractivity contribution in [2.75, 3.05) is 7.11 Å². The summed E-state index contributed by atoms with van der Waals surface area (Å²) in [6.07, 6.45) is 0. The standard InChI is InChI=1S/C6H7BF3OS.K/c1-11-4-5-2-3-6(12-5)7(8,9)10;/h2-3H,4H2,1H3;/q-1;+1. The molecule has 1 aromatic rings. The smallest absolute Gasteiger partial charge is 0.444 e. The fraction of sp³-hybridized carbons (Fsp3) is 0.333. The van der Waals surface area contributed by atoms with Crippen LogP contribution in [-0.4, -0.2) is 14.1 Å². The third-order valence-corrected chi connectivity index (χ3v) is 2.45. The minimum absolute atomic E-state index is 0. The summed E-state index contributed by atoms with van der Waals surface area (Å²) in [4.78, 5) is 0.603. The molecule has 0 saturated carbocycles. The van der Waals surface area contributed by atoms with Gasteiger partial charge >= 0.3 is 58.4 Å². The van der Waals surface area contributed by atoms with Gasteiger partial charge in [0.05, 0.1) is 6.61 Å². The molecular formula is C6H7BF3KOS. The van der Waals surface area contributed by atoms with Crippen LogP contribution in [-0.2, 0) is 11.3 Å². The molecule has 0 aliphatic rings. The molecule has 7 heteroatoms. The van der Waals surface area contributed by atoms with Crippen molar-refractivity contribution in [3.63, 3.8) is 0 Å². The average Bonchev–Trinajstić information content (AvgIpc) is 2.35. The fourth-order valence-electron chi connectivity index (χ4n) is 0.790. The minimum atomic E-state index is -4.83. The third-order valence-electron chi connectivity index (χ3n) is 1.29. The molecule has 0 aliphatic carbocycles. The molecule has 0 radical (unpaired) electrons. The van der Waals surface area contributed by atoms with Gasteiger partial charge in [-0.3, -0.25) is 0 Å². The molecule has 1 nitrogen and oxygen atoms in total. The summed E-state index contributed by atoms with van der Waals surface area (Å²) in [6.45, 7) is -4.59. The Bertz CT molecular complexity index is 263. The Morgan fingerprint density at radius 2 is 2.00 bits per heavy atom. The van der Waals surface area contributed by atoms with Crippen molar-refractivity contribution in [2.45, 2.75) is 6.61 Å². The zero-order valence-corrected chi connectivity index (χ0v) is 11.3. The zero-order chi connectivity index (χ0) is 9.19. The zero-order valence-electron chi connectivity index (χ0n) is 7.39. The summed E-state index contributed by atoms with van der Waals surface area (Å²) in [5, 5.41) is 0. The van der Waals surface area contributed by atoms with Crippen molar-refractivity contribution in [3.8, 4) is 0 Å². The van der Waals surface area contributed by atoms with E-state index in [9.17, 15) is 12.9 Å². The van der Waals surface area contributed by atoms with Crippen molar-refractivity contribution in [1.29, 1.82) is 0 Å². The molecular weight excluding hydrogens is 227 g/mol. The van der Waals surface area contributed by atoms with Crippen LogP contribution in [0.25, 0.3) is 0 Å². The van der Waals surface area contributed by atoms with E-state index in [1.807, 2.05) is 0 Å². The van der Waals surface area contributed by atoms with Gasteiger partial charge in [-0.25, -0.2) is 0 Å². The molecule has 0 aromatic carbocycles. The first-order chi connectivity index (χ1) is 5.54. The number of thiophene rings is 1. The van der Waals surface area contributed by atoms with Crippen LogP contribution >= 0.6 is 11.3 Å². The van der Waals surface area contributed by atoms with Gasteiger partial charge in [0.25, 0.3) is 0 Å². The molecule has 0 unspecified atom stereocenters. The fourth-order valence-corrected chi connectivity index (χ4v) is 1.68. The Balaban J connectivity index is 0.00000144. The van der Waals surface area contributed by atoms with Crippen LogP contribution in [0.15, 0.2) is 12.1 Å². The molecule has 0 amide bonds. The quantitative estimate of drug-likeness (QED) is 0.606. The number of ether oxygens (including phenoxy) is 1. The van der Waals surface area contributed by atoms with Crippen LogP contribution in [0.4, 0.5) is 12.9 Å². The van der Waals surface area contributed by atoms with E-state index in [0.717, 1.165) is 17.4 Å². The van der Waals surface area contributed by atoms with E-state index >= 15 is 0 Å². The van der Waals surface area contributed by atoms with Crippen molar-refractivity contribution < 1.29 is 69.1 Å². The minimum Gasteiger partial charge on any atom is -0.444 e. The largest absolute Gasteiger partial charge is 1.00 e. The second-order valence-electron chi connectivity index (χ2n) is 2.31. The summed E-state index contributed by atoms with van der Waals surface area (Å²) in [7, 11) is 1.46. The van der Waals surface area contributed by atoms with Crippen LogP contribution < -0.4 is 56.2 Å². The summed E-state index contributed by atoms with van der Waals surface area (Å²) in [5.41, 5.74) is 0. The number of halogens is 3. The predicted molar refractivity (Wildman–Crippen MR) is 43.7 cm³/mol. The predicted octanol–water partition coefficient (Wildman–Crippen LogP) is -1.05. The van der Waals surface area contributed by atoms with E-state index in [1.54, 1.807) is 0 Å². The first-order valence-electron chi connectivity index (χ1n) is 3.31. The van der Waals surface area contributed by atoms with E-state index in [1.165, 1.54) is 13.2 Å². The van der Waals surface area contributed by atoms with Crippen LogP contribution in [0, 0.1) is 0 Å². The Kier molecular flexibility index (Phi) is 6.42. The van der Waals surface area contributed by atoms with Gasteiger partial charge in [0.15, 0.2) is 0 Å². The Labute approximate surface area is 121 Å². The number of hydrogen-bond donors (Lipinski definition) is 0. The normalized spacial score (nSPS) is 11.1. The van der Waals surface area contributed by atoms with Crippen molar-refractivity contribution >= 4 is 23.1 Å². The van der Waals surface area contributed by atoms with Crippen LogP contribution in [0.3, 0.4) is 0 Å². The molecule has 0 aliphatic heterocycles. The molecule has 0 saturated heterocycles. The van der Waals surface area contributed by atoms with Crippen LogP contribution in [0.5, 0.6) is 0 Å². The molecule has 13 heavy (non-hydrogen) atoms. The molecule has 1 aromatic heterocycles. The van der Waals surface area contributed by atoms with Crippen molar-refractivity contribution in [1.82, 2.24) is 0 Å². The van der Waals surface area contributed by atoms with Gasteiger partial charge in [-0.15, -0.1) is 0 Å². The second-order valence-corrected chi connectivity index (χ2v) is 3.51. The van der Waals surface area contributed by atoms with Crippen molar-refractivity contribution in [2.24, 2.45) is 0 Å².